The Morgan fingerprint density at radius 1 is 1.38 bits per heavy atom. The summed E-state index contributed by atoms with van der Waals surface area (Å²) in [6.07, 6.45) is 3.08. The van der Waals surface area contributed by atoms with E-state index < -0.39 is 11.6 Å². The van der Waals surface area contributed by atoms with E-state index in [0.717, 1.165) is 22.2 Å². The Hall–Kier alpha value is -3.53. The monoisotopic (exact) mass is 392 g/mol. The number of aromatic nitrogens is 2. The van der Waals surface area contributed by atoms with Crippen LogP contribution in [-0.2, 0) is 0 Å². The molecular weight excluding hydrogens is 368 g/mol. The highest BCUT2D eigenvalue weighted by molar-refractivity contribution is 5.91. The van der Waals surface area contributed by atoms with Crippen molar-refractivity contribution >= 4 is 17.1 Å². The van der Waals surface area contributed by atoms with Gasteiger partial charge in [0, 0.05) is 18.0 Å². The number of nitriles is 1. The van der Waals surface area contributed by atoms with Gasteiger partial charge in [-0.3, -0.25) is 4.98 Å². The molecule has 0 radical (unpaired) electrons. The number of hydrogen-bond donors (Lipinski definition) is 3. The van der Waals surface area contributed by atoms with Gasteiger partial charge in [-0.1, -0.05) is 19.9 Å². The Balaban J connectivity index is 1.87. The fourth-order valence-electron chi connectivity index (χ4n) is 3.65. The van der Waals surface area contributed by atoms with Gasteiger partial charge in [0.1, 0.15) is 18.4 Å². The molecule has 3 aromatic rings. The van der Waals surface area contributed by atoms with Gasteiger partial charge in [0.25, 0.3) is 0 Å². The first-order valence-electron chi connectivity index (χ1n) is 9.42. The van der Waals surface area contributed by atoms with Gasteiger partial charge in [-0.25, -0.2) is 4.79 Å². The zero-order valence-electron chi connectivity index (χ0n) is 16.7. The molecule has 0 bridgehead atoms. The largest absolute Gasteiger partial charge is 0.490 e. The summed E-state index contributed by atoms with van der Waals surface area (Å²) in [5, 5.41) is 21.3. The van der Waals surface area contributed by atoms with Crippen molar-refractivity contribution in [3.63, 3.8) is 0 Å². The normalized spacial score (nSPS) is 13.1. The first kappa shape index (κ1) is 20.2. The zero-order chi connectivity index (χ0) is 21.0. The quantitative estimate of drug-likeness (QED) is 0.546. The van der Waals surface area contributed by atoms with E-state index in [4.69, 9.17) is 9.84 Å². The van der Waals surface area contributed by atoms with Crippen LogP contribution < -0.4 is 10.1 Å². The third-order valence-electron chi connectivity index (χ3n) is 4.67. The highest BCUT2D eigenvalue weighted by Gasteiger charge is 2.29. The number of carboxylic acid groups (broad SMARTS) is 1. The fourth-order valence-corrected chi connectivity index (χ4v) is 3.65. The number of carbonyl (C=O) groups is 1. The lowest BCUT2D eigenvalue weighted by Gasteiger charge is -2.31. The number of ether oxygens (including phenoxy) is 1. The van der Waals surface area contributed by atoms with Gasteiger partial charge in [0.2, 0.25) is 0 Å². The van der Waals surface area contributed by atoms with Crippen LogP contribution in [0.15, 0.2) is 42.7 Å². The van der Waals surface area contributed by atoms with E-state index in [-0.39, 0.29) is 12.5 Å². The summed E-state index contributed by atoms with van der Waals surface area (Å²) in [5.74, 6) is 0.707. The number of pyridine rings is 1. The van der Waals surface area contributed by atoms with Gasteiger partial charge < -0.3 is 20.1 Å². The van der Waals surface area contributed by atoms with Crippen molar-refractivity contribution < 1.29 is 14.6 Å². The molecule has 0 aliphatic heterocycles. The lowest BCUT2D eigenvalue weighted by Crippen LogP contribution is -2.50. The van der Waals surface area contributed by atoms with E-state index in [1.807, 2.05) is 38.2 Å². The van der Waals surface area contributed by atoms with E-state index in [2.05, 4.69) is 21.4 Å². The van der Waals surface area contributed by atoms with Gasteiger partial charge in [0.15, 0.2) is 0 Å². The number of fused-ring (bicyclic) bond motifs is 1. The molecule has 2 aromatic heterocycles. The SMILES string of the molecule is CC(C)CC(C)(COc1ccc(-c2ccnc3cc[nH]c23)cc1C#N)NC(=O)O. The van der Waals surface area contributed by atoms with Gasteiger partial charge in [-0.2, -0.15) is 5.26 Å². The molecule has 1 unspecified atom stereocenters. The molecule has 0 saturated heterocycles. The van der Waals surface area contributed by atoms with E-state index in [9.17, 15) is 10.1 Å². The predicted molar refractivity (Wildman–Crippen MR) is 111 cm³/mol. The average molecular weight is 392 g/mol. The highest BCUT2D eigenvalue weighted by atomic mass is 16.5. The van der Waals surface area contributed by atoms with Crippen LogP contribution in [0.4, 0.5) is 4.79 Å². The summed E-state index contributed by atoms with van der Waals surface area (Å²) in [5.41, 5.74) is 3.21. The smallest absolute Gasteiger partial charge is 0.405 e. The first-order valence-corrected chi connectivity index (χ1v) is 9.42. The molecule has 0 spiro atoms. The molecular formula is C22H24N4O3. The van der Waals surface area contributed by atoms with Crippen molar-refractivity contribution in [2.45, 2.75) is 32.7 Å². The molecule has 0 fully saturated rings. The zero-order valence-corrected chi connectivity index (χ0v) is 16.7. The topological polar surface area (TPSA) is 111 Å². The molecule has 7 heteroatoms. The van der Waals surface area contributed by atoms with Crippen molar-refractivity contribution in [2.24, 2.45) is 5.92 Å². The molecule has 7 nitrogen and oxygen atoms in total. The number of amides is 1. The Bertz CT molecular complexity index is 1070. The average Bonchev–Trinajstić information content (AvgIpc) is 3.13. The lowest BCUT2D eigenvalue weighted by atomic mass is 9.91. The minimum Gasteiger partial charge on any atom is -0.490 e. The molecule has 0 aliphatic rings. The summed E-state index contributed by atoms with van der Waals surface area (Å²) in [6.45, 7) is 5.97. The molecule has 1 amide bonds. The van der Waals surface area contributed by atoms with Crippen LogP contribution >= 0.6 is 0 Å². The Morgan fingerprint density at radius 2 is 2.17 bits per heavy atom. The van der Waals surface area contributed by atoms with Crippen molar-refractivity contribution in [1.82, 2.24) is 15.3 Å². The Labute approximate surface area is 169 Å². The van der Waals surface area contributed by atoms with E-state index in [0.29, 0.717) is 17.7 Å². The molecule has 150 valence electrons. The second-order valence-electron chi connectivity index (χ2n) is 7.80. The van der Waals surface area contributed by atoms with Crippen LogP contribution in [0.2, 0.25) is 0 Å². The highest BCUT2D eigenvalue weighted by Crippen LogP contribution is 2.31. The van der Waals surface area contributed by atoms with Crippen LogP contribution in [0.1, 0.15) is 32.8 Å². The minimum absolute atomic E-state index is 0.127. The maximum Gasteiger partial charge on any atom is 0.405 e. The van der Waals surface area contributed by atoms with Gasteiger partial charge in [0.05, 0.1) is 22.1 Å². The predicted octanol–water partition coefficient (Wildman–Crippen LogP) is 4.55. The Morgan fingerprint density at radius 3 is 2.86 bits per heavy atom. The maximum atomic E-state index is 11.2. The number of benzene rings is 1. The first-order chi connectivity index (χ1) is 13.8. The molecule has 1 atom stereocenters. The van der Waals surface area contributed by atoms with Crippen molar-refractivity contribution in [2.75, 3.05) is 6.61 Å². The van der Waals surface area contributed by atoms with E-state index in [1.165, 1.54) is 0 Å². The third kappa shape index (κ3) is 4.66. The number of rotatable bonds is 7. The summed E-state index contributed by atoms with van der Waals surface area (Å²) < 4.78 is 5.89. The van der Waals surface area contributed by atoms with E-state index in [1.54, 1.807) is 25.3 Å². The molecule has 0 aliphatic carbocycles. The molecule has 29 heavy (non-hydrogen) atoms. The number of nitrogens with one attached hydrogen (secondary N) is 2. The number of H-pyrrole nitrogens is 1. The molecule has 3 N–H and O–H groups in total. The number of hydrogen-bond acceptors (Lipinski definition) is 4. The molecule has 3 rings (SSSR count). The second-order valence-corrected chi connectivity index (χ2v) is 7.80. The van der Waals surface area contributed by atoms with Crippen LogP contribution in [0.25, 0.3) is 22.2 Å². The van der Waals surface area contributed by atoms with E-state index >= 15 is 0 Å². The number of nitrogens with zero attached hydrogens (tertiary/aromatic N) is 2. The third-order valence-corrected chi connectivity index (χ3v) is 4.67. The molecule has 0 saturated carbocycles. The summed E-state index contributed by atoms with van der Waals surface area (Å²) in [4.78, 5) is 18.7. The minimum atomic E-state index is -1.10. The van der Waals surface area contributed by atoms with Gasteiger partial charge in [-0.05, 0) is 49.1 Å². The van der Waals surface area contributed by atoms with Crippen LogP contribution in [0.3, 0.4) is 0 Å². The van der Waals surface area contributed by atoms with Crippen molar-refractivity contribution in [3.05, 3.63) is 48.3 Å². The maximum absolute atomic E-state index is 11.2. The van der Waals surface area contributed by atoms with Crippen LogP contribution in [0.5, 0.6) is 5.75 Å². The van der Waals surface area contributed by atoms with Crippen LogP contribution in [0, 0.1) is 17.2 Å². The van der Waals surface area contributed by atoms with Crippen molar-refractivity contribution in [3.8, 4) is 22.9 Å². The number of aromatic amines is 1. The summed E-state index contributed by atoms with van der Waals surface area (Å²) >= 11 is 0. The fraction of sp³-hybridized carbons (Fsp3) is 0.318. The second kappa shape index (κ2) is 8.23. The van der Waals surface area contributed by atoms with Gasteiger partial charge >= 0.3 is 6.09 Å². The molecule has 2 heterocycles. The Kier molecular flexibility index (Phi) is 5.74. The van der Waals surface area contributed by atoms with Crippen LogP contribution in [-0.4, -0.2) is 33.3 Å². The van der Waals surface area contributed by atoms with Gasteiger partial charge in [-0.15, -0.1) is 0 Å². The standard InChI is InChI=1S/C22H24N4O3/c1-14(2)11-22(3,26-21(27)28)13-29-19-5-4-15(10-16(19)12-23)17-6-8-24-18-7-9-25-20(17)18/h4-10,14,25-26H,11,13H2,1-3H3,(H,27,28). The summed E-state index contributed by atoms with van der Waals surface area (Å²) in [6, 6.07) is 11.4. The van der Waals surface area contributed by atoms with Crippen molar-refractivity contribution in [1.29, 1.82) is 5.26 Å². The summed E-state index contributed by atoms with van der Waals surface area (Å²) in [7, 11) is 0. The lowest BCUT2D eigenvalue weighted by molar-refractivity contribution is 0.143. The molecule has 1 aromatic carbocycles.